The van der Waals surface area contributed by atoms with Crippen LogP contribution in [0.5, 0.6) is 0 Å². The molecule has 2 aromatic rings. The van der Waals surface area contributed by atoms with Gasteiger partial charge < -0.3 is 17.7 Å². The molecule has 0 aliphatic carbocycles. The summed E-state index contributed by atoms with van der Waals surface area (Å²) in [5.74, 6) is 0. The summed E-state index contributed by atoms with van der Waals surface area (Å²) in [5, 5.41) is 2.33. The van der Waals surface area contributed by atoms with Gasteiger partial charge in [0.25, 0.3) is 0 Å². The van der Waals surface area contributed by atoms with Crippen molar-refractivity contribution in [3.8, 4) is 0 Å². The van der Waals surface area contributed by atoms with E-state index >= 15 is 0 Å². The number of nitrogens with two attached hydrogens (primary N) is 1. The van der Waals surface area contributed by atoms with E-state index in [9.17, 15) is 0 Å². The summed E-state index contributed by atoms with van der Waals surface area (Å²) in [6.07, 6.45) is 1.87. The molecule has 1 nitrogen and oxygen atoms in total. The van der Waals surface area contributed by atoms with Crippen molar-refractivity contribution in [2.45, 2.75) is 20.0 Å². The second-order valence-electron chi connectivity index (χ2n) is 4.63. The topological polar surface area (TPSA) is 16.6 Å². The molecular weight excluding hydrogens is 254 g/mol. The molecule has 0 amide bonds. The van der Waals surface area contributed by atoms with Gasteiger partial charge in [0.1, 0.15) is 13.1 Å². The average Bonchev–Trinajstić information content (AvgIpc) is 2.42. The van der Waals surface area contributed by atoms with E-state index in [-0.39, 0.29) is 12.4 Å². The van der Waals surface area contributed by atoms with Crippen molar-refractivity contribution < 1.29 is 17.7 Å². The molecule has 0 aliphatic heterocycles. The van der Waals surface area contributed by atoms with Gasteiger partial charge in [-0.25, -0.2) is 0 Å². The monoisotopic (exact) mass is 273 g/mol. The van der Waals surface area contributed by atoms with Crippen LogP contribution in [-0.2, 0) is 13.1 Å². The SMILES string of the molecule is C=Cc1ccc(C[NH2+]Cc2ccc(C)cc2)cc1.[Cl-]. The Bertz CT molecular complexity index is 500. The van der Waals surface area contributed by atoms with Crippen LogP contribution in [0.1, 0.15) is 22.3 Å². The van der Waals surface area contributed by atoms with Crippen molar-refractivity contribution in [2.75, 3.05) is 0 Å². The third-order valence-electron chi connectivity index (χ3n) is 3.10. The van der Waals surface area contributed by atoms with Gasteiger partial charge in [0.15, 0.2) is 0 Å². The first-order chi connectivity index (χ1) is 8.78. The third-order valence-corrected chi connectivity index (χ3v) is 3.10. The van der Waals surface area contributed by atoms with Gasteiger partial charge in [-0.15, -0.1) is 0 Å². The number of hydrogen-bond acceptors (Lipinski definition) is 0. The maximum atomic E-state index is 3.76. The second-order valence-corrected chi connectivity index (χ2v) is 4.63. The summed E-state index contributed by atoms with van der Waals surface area (Å²) in [6.45, 7) is 7.93. The van der Waals surface area contributed by atoms with Crippen LogP contribution in [0.25, 0.3) is 6.08 Å². The van der Waals surface area contributed by atoms with Crippen LogP contribution < -0.4 is 17.7 Å². The number of quaternary nitrogens is 1. The second kappa shape index (κ2) is 7.78. The number of halogens is 1. The number of rotatable bonds is 5. The van der Waals surface area contributed by atoms with Crippen LogP contribution in [0.15, 0.2) is 55.1 Å². The van der Waals surface area contributed by atoms with E-state index in [4.69, 9.17) is 0 Å². The minimum Gasteiger partial charge on any atom is -1.00 e. The van der Waals surface area contributed by atoms with Crippen LogP contribution in [0.3, 0.4) is 0 Å². The molecule has 100 valence electrons. The summed E-state index contributed by atoms with van der Waals surface area (Å²) < 4.78 is 0. The Balaban J connectivity index is 0.00000180. The van der Waals surface area contributed by atoms with E-state index in [0.717, 1.165) is 13.1 Å². The van der Waals surface area contributed by atoms with Gasteiger partial charge in [-0.1, -0.05) is 66.7 Å². The molecule has 0 bridgehead atoms. The highest BCUT2D eigenvalue weighted by atomic mass is 35.5. The van der Waals surface area contributed by atoms with Crippen LogP contribution in [0.4, 0.5) is 0 Å². The van der Waals surface area contributed by atoms with Gasteiger partial charge in [0.2, 0.25) is 0 Å². The molecule has 0 heterocycles. The molecule has 0 unspecified atom stereocenters. The summed E-state index contributed by atoms with van der Waals surface area (Å²) in [7, 11) is 0. The molecule has 0 aromatic heterocycles. The van der Waals surface area contributed by atoms with Gasteiger partial charge in [-0.2, -0.15) is 0 Å². The van der Waals surface area contributed by atoms with Gasteiger partial charge in [0.05, 0.1) is 0 Å². The lowest BCUT2D eigenvalue weighted by molar-refractivity contribution is -0.686. The number of hydrogen-bond donors (Lipinski definition) is 1. The first kappa shape index (κ1) is 15.5. The molecule has 2 N–H and O–H groups in total. The van der Waals surface area contributed by atoms with Gasteiger partial charge in [-0.3, -0.25) is 0 Å². The molecular formula is C17H20ClN. The van der Waals surface area contributed by atoms with Crippen LogP contribution in [0.2, 0.25) is 0 Å². The van der Waals surface area contributed by atoms with E-state index < -0.39 is 0 Å². The van der Waals surface area contributed by atoms with Crippen LogP contribution >= 0.6 is 0 Å². The Morgan fingerprint density at radius 3 is 1.84 bits per heavy atom. The summed E-state index contributed by atoms with van der Waals surface area (Å²) >= 11 is 0. The quantitative estimate of drug-likeness (QED) is 0.784. The van der Waals surface area contributed by atoms with Crippen molar-refractivity contribution in [2.24, 2.45) is 0 Å². The lowest BCUT2D eigenvalue weighted by Gasteiger charge is -2.03. The van der Waals surface area contributed by atoms with Crippen LogP contribution in [0, 0.1) is 6.92 Å². The minimum atomic E-state index is 0. The normalized spacial score (nSPS) is 9.74. The first-order valence-corrected chi connectivity index (χ1v) is 6.36. The zero-order valence-corrected chi connectivity index (χ0v) is 12.0. The molecule has 0 saturated carbocycles. The maximum absolute atomic E-state index is 3.76. The van der Waals surface area contributed by atoms with Crippen molar-refractivity contribution in [3.63, 3.8) is 0 Å². The fraction of sp³-hybridized carbons (Fsp3) is 0.176. The van der Waals surface area contributed by atoms with E-state index in [1.54, 1.807) is 0 Å². The maximum Gasteiger partial charge on any atom is 0.101 e. The Morgan fingerprint density at radius 1 is 0.895 bits per heavy atom. The van der Waals surface area contributed by atoms with Crippen molar-refractivity contribution >= 4 is 6.08 Å². The Hall–Kier alpha value is -1.57. The summed E-state index contributed by atoms with van der Waals surface area (Å²) in [5.41, 5.74) is 5.23. The Morgan fingerprint density at radius 2 is 1.37 bits per heavy atom. The lowest BCUT2D eigenvalue weighted by Crippen LogP contribution is -3.00. The highest BCUT2D eigenvalue weighted by Gasteiger charge is 1.97. The number of benzene rings is 2. The Kier molecular flexibility index (Phi) is 6.34. The smallest absolute Gasteiger partial charge is 0.101 e. The standard InChI is InChI=1S/C17H19N.ClH/c1-3-15-8-10-17(11-9-15)13-18-12-16-6-4-14(2)5-7-16;/h3-11,18H,1,12-13H2,2H3;1H. The highest BCUT2D eigenvalue weighted by Crippen LogP contribution is 2.04. The fourth-order valence-electron chi connectivity index (χ4n) is 1.92. The zero-order chi connectivity index (χ0) is 12.8. The molecule has 0 spiro atoms. The fourth-order valence-corrected chi connectivity index (χ4v) is 1.92. The number of aryl methyl sites for hydroxylation is 1. The molecule has 0 fully saturated rings. The average molecular weight is 274 g/mol. The minimum absolute atomic E-state index is 0. The molecule has 2 aromatic carbocycles. The molecule has 19 heavy (non-hydrogen) atoms. The molecule has 2 rings (SSSR count). The Labute approximate surface area is 121 Å². The van der Waals surface area contributed by atoms with E-state index in [1.807, 2.05) is 6.08 Å². The van der Waals surface area contributed by atoms with Gasteiger partial charge >= 0.3 is 0 Å². The molecule has 0 radical (unpaired) electrons. The highest BCUT2D eigenvalue weighted by molar-refractivity contribution is 5.47. The molecule has 0 atom stereocenters. The van der Waals surface area contributed by atoms with Crippen molar-refractivity contribution in [1.82, 2.24) is 0 Å². The predicted octanol–water partition coefficient (Wildman–Crippen LogP) is -0.0944. The van der Waals surface area contributed by atoms with Gasteiger partial charge in [0, 0.05) is 11.1 Å². The molecule has 0 saturated heterocycles. The van der Waals surface area contributed by atoms with Crippen molar-refractivity contribution in [3.05, 3.63) is 77.4 Å². The van der Waals surface area contributed by atoms with E-state index in [2.05, 4.69) is 67.4 Å². The van der Waals surface area contributed by atoms with Crippen LogP contribution in [-0.4, -0.2) is 0 Å². The predicted molar refractivity (Wildman–Crippen MR) is 77.0 cm³/mol. The molecule has 0 aliphatic rings. The van der Waals surface area contributed by atoms with Crippen molar-refractivity contribution in [1.29, 1.82) is 0 Å². The largest absolute Gasteiger partial charge is 1.00 e. The molecule has 2 heteroatoms. The third kappa shape index (κ3) is 4.90. The zero-order valence-electron chi connectivity index (χ0n) is 11.3. The summed E-state index contributed by atoms with van der Waals surface area (Å²) in [4.78, 5) is 0. The van der Waals surface area contributed by atoms with Gasteiger partial charge in [-0.05, 0) is 12.5 Å². The van der Waals surface area contributed by atoms with E-state index in [0.29, 0.717) is 0 Å². The van der Waals surface area contributed by atoms with E-state index in [1.165, 1.54) is 22.3 Å². The summed E-state index contributed by atoms with van der Waals surface area (Å²) in [6, 6.07) is 17.3. The first-order valence-electron chi connectivity index (χ1n) is 6.36. The lowest BCUT2D eigenvalue weighted by atomic mass is 10.1.